The highest BCUT2D eigenvalue weighted by atomic mass is 32.2. The Morgan fingerprint density at radius 3 is 2.10 bits per heavy atom. The van der Waals surface area contributed by atoms with Crippen LogP contribution >= 0.6 is 11.3 Å². The van der Waals surface area contributed by atoms with Crippen molar-refractivity contribution in [3.63, 3.8) is 0 Å². The van der Waals surface area contributed by atoms with Crippen LogP contribution in [-0.4, -0.2) is 8.42 Å². The minimum Gasteiger partial charge on any atom is -0.271 e. The van der Waals surface area contributed by atoms with E-state index in [9.17, 15) is 8.42 Å². The average Bonchev–Trinajstić information content (AvgIpc) is 2.76. The SMILES string of the molecule is CC(C)(C)c1ccc(-c2ccc(NS(N)(=O)=O)cc2)s1. The van der Waals surface area contributed by atoms with Crippen molar-refractivity contribution in [2.75, 3.05) is 4.72 Å². The molecule has 2 aromatic rings. The highest BCUT2D eigenvalue weighted by Crippen LogP contribution is 2.35. The van der Waals surface area contributed by atoms with Gasteiger partial charge in [0.25, 0.3) is 10.2 Å². The van der Waals surface area contributed by atoms with Crippen molar-refractivity contribution in [2.24, 2.45) is 5.14 Å². The largest absolute Gasteiger partial charge is 0.296 e. The standard InChI is InChI=1S/C14H18N2O2S2/c1-14(2,3)13-9-8-12(19-13)10-4-6-11(7-5-10)16-20(15,17)18/h4-9,16H,1-3H3,(H2,15,17,18). The summed E-state index contributed by atoms with van der Waals surface area (Å²) < 4.78 is 24.1. The van der Waals surface area contributed by atoms with E-state index in [0.717, 1.165) is 10.4 Å². The van der Waals surface area contributed by atoms with Gasteiger partial charge in [0.2, 0.25) is 0 Å². The Bertz CT molecular complexity index is 696. The summed E-state index contributed by atoms with van der Waals surface area (Å²) in [5, 5.41) is 4.93. The first kappa shape index (κ1) is 15.0. The second-order valence-electron chi connectivity index (χ2n) is 5.64. The fraction of sp³-hybridized carbons (Fsp3) is 0.286. The number of benzene rings is 1. The van der Waals surface area contributed by atoms with Gasteiger partial charge in [-0.05, 0) is 35.2 Å². The molecule has 0 atom stereocenters. The second kappa shape index (κ2) is 5.20. The molecule has 0 saturated carbocycles. The van der Waals surface area contributed by atoms with Gasteiger partial charge in [-0.3, -0.25) is 4.72 Å². The van der Waals surface area contributed by atoms with Crippen LogP contribution in [0.2, 0.25) is 0 Å². The van der Waals surface area contributed by atoms with Gasteiger partial charge in [0.1, 0.15) is 0 Å². The molecule has 1 aromatic carbocycles. The lowest BCUT2D eigenvalue weighted by Gasteiger charge is -2.15. The quantitative estimate of drug-likeness (QED) is 0.912. The molecule has 4 nitrogen and oxygen atoms in total. The molecule has 20 heavy (non-hydrogen) atoms. The van der Waals surface area contributed by atoms with Gasteiger partial charge < -0.3 is 0 Å². The molecule has 0 bridgehead atoms. The first-order valence-corrected chi connectivity index (χ1v) is 8.53. The van der Waals surface area contributed by atoms with Crippen molar-refractivity contribution in [3.8, 4) is 10.4 Å². The maximum atomic E-state index is 10.9. The zero-order chi connectivity index (χ0) is 15.0. The van der Waals surface area contributed by atoms with Crippen LogP contribution in [0.5, 0.6) is 0 Å². The van der Waals surface area contributed by atoms with E-state index < -0.39 is 10.2 Å². The van der Waals surface area contributed by atoms with Crippen molar-refractivity contribution >= 4 is 27.2 Å². The number of hydrogen-bond acceptors (Lipinski definition) is 3. The molecule has 0 aliphatic heterocycles. The third kappa shape index (κ3) is 3.82. The first-order chi connectivity index (χ1) is 9.15. The Labute approximate surface area is 123 Å². The predicted molar refractivity (Wildman–Crippen MR) is 85.2 cm³/mol. The normalized spacial score (nSPS) is 12.4. The molecule has 0 unspecified atom stereocenters. The van der Waals surface area contributed by atoms with E-state index in [1.165, 1.54) is 4.88 Å². The number of hydrogen-bond donors (Lipinski definition) is 2. The third-order valence-electron chi connectivity index (χ3n) is 2.77. The smallest absolute Gasteiger partial charge is 0.271 e. The van der Waals surface area contributed by atoms with Gasteiger partial charge >= 0.3 is 0 Å². The lowest BCUT2D eigenvalue weighted by Crippen LogP contribution is -2.21. The molecular weight excluding hydrogens is 292 g/mol. The molecule has 108 valence electrons. The van der Waals surface area contributed by atoms with Crippen molar-refractivity contribution in [3.05, 3.63) is 41.3 Å². The summed E-state index contributed by atoms with van der Waals surface area (Å²) in [4.78, 5) is 2.48. The van der Waals surface area contributed by atoms with Crippen LogP contribution in [-0.2, 0) is 15.6 Å². The summed E-state index contributed by atoms with van der Waals surface area (Å²) in [7, 11) is -3.72. The monoisotopic (exact) mass is 310 g/mol. The fourth-order valence-corrected chi connectivity index (χ4v) is 3.30. The number of anilines is 1. The Morgan fingerprint density at radius 1 is 1.05 bits per heavy atom. The van der Waals surface area contributed by atoms with Crippen molar-refractivity contribution < 1.29 is 8.42 Å². The number of nitrogens with one attached hydrogen (secondary N) is 1. The van der Waals surface area contributed by atoms with Gasteiger partial charge in [-0.25, -0.2) is 5.14 Å². The van der Waals surface area contributed by atoms with Crippen LogP contribution in [0.15, 0.2) is 36.4 Å². The van der Waals surface area contributed by atoms with Crippen molar-refractivity contribution in [2.45, 2.75) is 26.2 Å². The molecular formula is C14H18N2O2S2. The van der Waals surface area contributed by atoms with Gasteiger partial charge in [-0.15, -0.1) is 11.3 Å². The third-order valence-corrected chi connectivity index (χ3v) is 4.86. The number of thiophene rings is 1. The average molecular weight is 310 g/mol. The van der Waals surface area contributed by atoms with Gasteiger partial charge in [-0.2, -0.15) is 8.42 Å². The zero-order valence-corrected chi connectivity index (χ0v) is 13.3. The van der Waals surface area contributed by atoms with Crippen LogP contribution < -0.4 is 9.86 Å². The highest BCUT2D eigenvalue weighted by Gasteiger charge is 2.16. The molecule has 0 fully saturated rings. The van der Waals surface area contributed by atoms with E-state index in [-0.39, 0.29) is 5.41 Å². The molecule has 2 rings (SSSR count). The fourth-order valence-electron chi connectivity index (χ4n) is 1.76. The topological polar surface area (TPSA) is 72.2 Å². The minimum atomic E-state index is -3.72. The van der Waals surface area contributed by atoms with Crippen molar-refractivity contribution in [1.29, 1.82) is 0 Å². The summed E-state index contributed by atoms with van der Waals surface area (Å²) in [6.07, 6.45) is 0. The molecule has 0 saturated heterocycles. The zero-order valence-electron chi connectivity index (χ0n) is 11.7. The summed E-state index contributed by atoms with van der Waals surface area (Å²) in [6.45, 7) is 6.55. The van der Waals surface area contributed by atoms with Gasteiger partial charge in [-0.1, -0.05) is 32.9 Å². The summed E-state index contributed by atoms with van der Waals surface area (Å²) >= 11 is 1.75. The van der Waals surface area contributed by atoms with E-state index in [4.69, 9.17) is 5.14 Å². The number of rotatable bonds is 3. The van der Waals surface area contributed by atoms with E-state index in [1.54, 1.807) is 23.5 Å². The van der Waals surface area contributed by atoms with Crippen molar-refractivity contribution in [1.82, 2.24) is 0 Å². The molecule has 0 spiro atoms. The van der Waals surface area contributed by atoms with Gasteiger partial charge in [0.15, 0.2) is 0 Å². The maximum absolute atomic E-state index is 10.9. The summed E-state index contributed by atoms with van der Waals surface area (Å²) in [5.74, 6) is 0. The van der Waals surface area contributed by atoms with Gasteiger partial charge in [0.05, 0.1) is 0 Å². The van der Waals surface area contributed by atoms with E-state index in [2.05, 4.69) is 37.6 Å². The molecule has 1 heterocycles. The first-order valence-electron chi connectivity index (χ1n) is 6.16. The van der Waals surface area contributed by atoms with Crippen LogP contribution in [0.1, 0.15) is 25.6 Å². The highest BCUT2D eigenvalue weighted by molar-refractivity contribution is 7.90. The minimum absolute atomic E-state index is 0.137. The molecule has 3 N–H and O–H groups in total. The van der Waals surface area contributed by atoms with Crippen LogP contribution in [0.3, 0.4) is 0 Å². The Balaban J connectivity index is 2.24. The molecule has 1 aromatic heterocycles. The summed E-state index contributed by atoms with van der Waals surface area (Å²) in [6, 6.07) is 11.4. The van der Waals surface area contributed by atoms with E-state index >= 15 is 0 Å². The van der Waals surface area contributed by atoms with Crippen LogP contribution in [0, 0.1) is 0 Å². The molecule has 0 aliphatic carbocycles. The Hall–Kier alpha value is -1.37. The summed E-state index contributed by atoms with van der Waals surface area (Å²) in [5.41, 5.74) is 1.66. The number of nitrogens with two attached hydrogens (primary N) is 1. The Kier molecular flexibility index (Phi) is 3.90. The van der Waals surface area contributed by atoms with Crippen LogP contribution in [0.4, 0.5) is 5.69 Å². The molecule has 6 heteroatoms. The lowest BCUT2D eigenvalue weighted by atomic mass is 9.95. The Morgan fingerprint density at radius 2 is 1.65 bits per heavy atom. The second-order valence-corrected chi connectivity index (χ2v) is 8.02. The lowest BCUT2D eigenvalue weighted by molar-refractivity contribution is 0.602. The molecule has 0 aliphatic rings. The van der Waals surface area contributed by atoms with Crippen LogP contribution in [0.25, 0.3) is 10.4 Å². The van der Waals surface area contributed by atoms with E-state index in [0.29, 0.717) is 5.69 Å². The van der Waals surface area contributed by atoms with Gasteiger partial charge in [0, 0.05) is 15.4 Å². The van der Waals surface area contributed by atoms with E-state index in [1.807, 2.05) is 12.1 Å². The molecule has 0 amide bonds. The predicted octanol–water partition coefficient (Wildman–Crippen LogP) is 3.33. The maximum Gasteiger partial charge on any atom is 0.296 e. The molecule has 0 radical (unpaired) electrons.